The lowest BCUT2D eigenvalue weighted by Gasteiger charge is -2.40. The van der Waals surface area contributed by atoms with Crippen molar-refractivity contribution in [1.82, 2.24) is 9.97 Å². The normalized spacial score (nSPS) is 13.1. The van der Waals surface area contributed by atoms with Crippen molar-refractivity contribution in [3.8, 4) is 67.3 Å². The average molecular weight is 731 g/mol. The maximum absolute atomic E-state index is 5.16. The summed E-state index contributed by atoms with van der Waals surface area (Å²) in [5, 5.41) is 0. The molecule has 1 aromatic heterocycles. The molecule has 9 aromatic rings. The average Bonchev–Trinajstić information content (AvgIpc) is 3.57. The maximum Gasteiger partial charge on any atom is 0.161 e. The number of aromatic nitrogens is 2. The standard InChI is InChI=1S/C53H34N2S/c1-3-15-37(16-4-1)48-34-49(38-17-5-2-6-18-38)55-52(54-48)43-22-8-7-19-40(43)36-29-27-35(28-30-36)39-31-32-51-47(33-39)53(46-25-13-14-26-50(46)56-51)44-23-11-9-20-41(44)42-21-10-12-24-45(42)53/h1-34H. The van der Waals surface area contributed by atoms with Gasteiger partial charge in [0.1, 0.15) is 0 Å². The van der Waals surface area contributed by atoms with Crippen molar-refractivity contribution in [2.75, 3.05) is 0 Å². The summed E-state index contributed by atoms with van der Waals surface area (Å²) in [4.78, 5) is 12.9. The molecule has 1 aliphatic heterocycles. The molecular weight excluding hydrogens is 697 g/mol. The summed E-state index contributed by atoms with van der Waals surface area (Å²) >= 11 is 1.88. The van der Waals surface area contributed by atoms with Gasteiger partial charge in [-0.15, -0.1) is 0 Å². The van der Waals surface area contributed by atoms with Crippen LogP contribution in [0.5, 0.6) is 0 Å². The van der Waals surface area contributed by atoms with Crippen molar-refractivity contribution < 1.29 is 0 Å². The molecule has 0 saturated heterocycles. The van der Waals surface area contributed by atoms with Gasteiger partial charge in [0.15, 0.2) is 5.82 Å². The Hall–Kier alpha value is -6.81. The minimum atomic E-state index is -0.397. The highest BCUT2D eigenvalue weighted by Crippen LogP contribution is 2.62. The Kier molecular flexibility index (Phi) is 7.68. The van der Waals surface area contributed by atoms with E-state index in [1.165, 1.54) is 54.3 Å². The van der Waals surface area contributed by atoms with Gasteiger partial charge >= 0.3 is 0 Å². The van der Waals surface area contributed by atoms with Crippen molar-refractivity contribution >= 4 is 11.8 Å². The highest BCUT2D eigenvalue weighted by molar-refractivity contribution is 7.99. The van der Waals surface area contributed by atoms with E-state index >= 15 is 0 Å². The van der Waals surface area contributed by atoms with E-state index in [1.54, 1.807) is 0 Å². The predicted octanol–water partition coefficient (Wildman–Crippen LogP) is 13.6. The summed E-state index contributed by atoms with van der Waals surface area (Å²) in [7, 11) is 0. The van der Waals surface area contributed by atoms with Gasteiger partial charge in [-0.1, -0.05) is 194 Å². The lowest BCUT2D eigenvalue weighted by atomic mass is 9.67. The Balaban J connectivity index is 1.02. The molecular formula is C53H34N2S. The third-order valence-corrected chi connectivity index (χ3v) is 12.6. The van der Waals surface area contributed by atoms with Gasteiger partial charge < -0.3 is 0 Å². The van der Waals surface area contributed by atoms with Gasteiger partial charge in [-0.05, 0) is 79.9 Å². The molecule has 56 heavy (non-hydrogen) atoms. The molecule has 8 aromatic carbocycles. The molecule has 3 heteroatoms. The summed E-state index contributed by atoms with van der Waals surface area (Å²) < 4.78 is 0. The lowest BCUT2D eigenvalue weighted by molar-refractivity contribution is 0.723. The number of benzene rings is 8. The fourth-order valence-corrected chi connectivity index (χ4v) is 10.1. The zero-order valence-electron chi connectivity index (χ0n) is 30.4. The monoisotopic (exact) mass is 730 g/mol. The van der Waals surface area contributed by atoms with E-state index in [1.807, 2.05) is 23.9 Å². The van der Waals surface area contributed by atoms with Gasteiger partial charge in [0.2, 0.25) is 0 Å². The first-order valence-corrected chi connectivity index (χ1v) is 19.9. The van der Waals surface area contributed by atoms with Crippen LogP contribution in [-0.2, 0) is 5.41 Å². The van der Waals surface area contributed by atoms with Crippen LogP contribution in [0.3, 0.4) is 0 Å². The molecule has 0 unspecified atom stereocenters. The molecule has 1 spiro atoms. The highest BCUT2D eigenvalue weighted by Gasteiger charge is 2.50. The number of rotatable bonds is 5. The van der Waals surface area contributed by atoms with Crippen LogP contribution in [0, 0.1) is 0 Å². The number of fused-ring (bicyclic) bond motifs is 9. The molecule has 0 N–H and O–H groups in total. The van der Waals surface area contributed by atoms with Crippen molar-refractivity contribution in [2.45, 2.75) is 15.2 Å². The Labute approximate surface area is 331 Å². The first-order valence-electron chi connectivity index (χ1n) is 19.1. The van der Waals surface area contributed by atoms with Crippen molar-refractivity contribution in [2.24, 2.45) is 0 Å². The van der Waals surface area contributed by atoms with Crippen LogP contribution < -0.4 is 0 Å². The topological polar surface area (TPSA) is 25.8 Å². The van der Waals surface area contributed by atoms with Crippen molar-refractivity contribution in [3.63, 3.8) is 0 Å². The second-order valence-electron chi connectivity index (χ2n) is 14.5. The minimum Gasteiger partial charge on any atom is -0.228 e. The van der Waals surface area contributed by atoms with E-state index in [4.69, 9.17) is 9.97 Å². The quantitative estimate of drug-likeness (QED) is 0.176. The Morgan fingerprint density at radius 3 is 1.39 bits per heavy atom. The number of hydrogen-bond donors (Lipinski definition) is 0. The molecule has 1 aliphatic carbocycles. The van der Waals surface area contributed by atoms with Crippen LogP contribution >= 0.6 is 11.8 Å². The van der Waals surface area contributed by atoms with Gasteiger partial charge in [0.05, 0.1) is 16.8 Å². The SMILES string of the molecule is c1ccc(-c2cc(-c3ccccc3)nc(-c3ccccc3-c3ccc(-c4ccc5c(c4)C4(c6ccccc6S5)c5ccccc5-c5ccccc54)cc3)n2)cc1. The Morgan fingerprint density at radius 1 is 0.304 bits per heavy atom. The summed E-state index contributed by atoms with van der Waals surface area (Å²) in [6.45, 7) is 0. The molecule has 0 radical (unpaired) electrons. The van der Waals surface area contributed by atoms with E-state index in [0.29, 0.717) is 5.82 Å². The smallest absolute Gasteiger partial charge is 0.161 e. The molecule has 0 amide bonds. The Morgan fingerprint density at radius 2 is 0.768 bits per heavy atom. The molecule has 11 rings (SSSR count). The second-order valence-corrected chi connectivity index (χ2v) is 15.6. The fraction of sp³-hybridized carbons (Fsp3) is 0.0189. The maximum atomic E-state index is 5.16. The molecule has 0 bridgehead atoms. The van der Waals surface area contributed by atoms with E-state index in [9.17, 15) is 0 Å². The van der Waals surface area contributed by atoms with Crippen LogP contribution in [0.15, 0.2) is 216 Å². The van der Waals surface area contributed by atoms with Crippen molar-refractivity contribution in [1.29, 1.82) is 0 Å². The zero-order valence-corrected chi connectivity index (χ0v) is 31.2. The minimum absolute atomic E-state index is 0.397. The van der Waals surface area contributed by atoms with Gasteiger partial charge in [-0.3, -0.25) is 0 Å². The summed E-state index contributed by atoms with van der Waals surface area (Å²) in [5.74, 6) is 0.708. The third kappa shape index (κ3) is 5.12. The van der Waals surface area contributed by atoms with E-state index in [0.717, 1.165) is 39.2 Å². The fourth-order valence-electron chi connectivity index (χ4n) is 8.89. The second kappa shape index (κ2) is 13.2. The molecule has 262 valence electrons. The predicted molar refractivity (Wildman–Crippen MR) is 231 cm³/mol. The van der Waals surface area contributed by atoms with E-state index in [-0.39, 0.29) is 0 Å². The molecule has 2 nitrogen and oxygen atoms in total. The molecule has 0 atom stereocenters. The van der Waals surface area contributed by atoms with Crippen LogP contribution in [0.1, 0.15) is 22.3 Å². The molecule has 2 aliphatic rings. The molecule has 0 fully saturated rings. The summed E-state index contributed by atoms with van der Waals surface area (Å²) in [6, 6.07) is 74.4. The summed E-state index contributed by atoms with van der Waals surface area (Å²) in [5.41, 5.74) is 17.2. The van der Waals surface area contributed by atoms with Gasteiger partial charge in [-0.25, -0.2) is 9.97 Å². The van der Waals surface area contributed by atoms with Crippen LogP contribution in [-0.4, -0.2) is 9.97 Å². The number of hydrogen-bond acceptors (Lipinski definition) is 3. The van der Waals surface area contributed by atoms with Crippen LogP contribution in [0.2, 0.25) is 0 Å². The van der Waals surface area contributed by atoms with E-state index < -0.39 is 5.41 Å². The highest BCUT2D eigenvalue weighted by atomic mass is 32.2. The van der Waals surface area contributed by atoms with Crippen LogP contribution in [0.4, 0.5) is 0 Å². The van der Waals surface area contributed by atoms with Crippen molar-refractivity contribution in [3.05, 3.63) is 229 Å². The number of nitrogens with zero attached hydrogens (tertiary/aromatic N) is 2. The first kappa shape index (κ1) is 32.6. The largest absolute Gasteiger partial charge is 0.228 e. The van der Waals surface area contributed by atoms with E-state index in [2.05, 4.69) is 194 Å². The first-order chi connectivity index (χ1) is 27.8. The molecule has 2 heterocycles. The molecule has 0 saturated carbocycles. The lowest BCUT2D eigenvalue weighted by Crippen LogP contribution is -2.32. The van der Waals surface area contributed by atoms with Gasteiger partial charge in [-0.2, -0.15) is 0 Å². The Bertz CT molecular complexity index is 2830. The zero-order chi connectivity index (χ0) is 37.1. The van der Waals surface area contributed by atoms with Crippen LogP contribution in [0.25, 0.3) is 67.3 Å². The third-order valence-electron chi connectivity index (χ3n) is 11.4. The van der Waals surface area contributed by atoms with Gasteiger partial charge in [0.25, 0.3) is 0 Å². The summed E-state index contributed by atoms with van der Waals surface area (Å²) in [6.07, 6.45) is 0. The van der Waals surface area contributed by atoms with Gasteiger partial charge in [0, 0.05) is 26.5 Å².